The van der Waals surface area contributed by atoms with Crippen LogP contribution in [0.15, 0.2) is 33.9 Å². The maximum Gasteiger partial charge on any atom is 0.245 e. The molecule has 0 atom stereocenters. The van der Waals surface area contributed by atoms with Crippen LogP contribution < -0.4 is 10.9 Å². The van der Waals surface area contributed by atoms with Crippen molar-refractivity contribution < 1.29 is 0 Å². The van der Waals surface area contributed by atoms with Crippen molar-refractivity contribution in [1.29, 1.82) is 0 Å². The van der Waals surface area contributed by atoms with E-state index < -0.39 is 10.9 Å². The second-order valence-corrected chi connectivity index (χ2v) is 4.77. The highest BCUT2D eigenvalue weighted by Gasteiger charge is 2.25. The molecule has 1 heterocycles. The SMILES string of the molecule is Cc1c(-c2c(Cl)c(=O)c2=O)n(C)c2ccccc12. The van der Waals surface area contributed by atoms with Crippen LogP contribution in [0.3, 0.4) is 0 Å². The average Bonchev–Trinajstić information content (AvgIpc) is 2.64. The van der Waals surface area contributed by atoms with Crippen LogP contribution in [0.25, 0.3) is 22.2 Å². The van der Waals surface area contributed by atoms with Crippen LogP contribution in [0.4, 0.5) is 0 Å². The normalized spacial score (nSPS) is 11.5. The number of nitrogens with zero attached hydrogens (tertiary/aromatic N) is 1. The van der Waals surface area contributed by atoms with Crippen molar-refractivity contribution in [1.82, 2.24) is 4.57 Å². The van der Waals surface area contributed by atoms with E-state index in [2.05, 4.69) is 0 Å². The van der Waals surface area contributed by atoms with Crippen LogP contribution in [-0.4, -0.2) is 4.57 Å². The average molecular weight is 260 g/mol. The molecule has 3 nitrogen and oxygen atoms in total. The molecule has 2 aromatic carbocycles. The van der Waals surface area contributed by atoms with Gasteiger partial charge < -0.3 is 4.57 Å². The quantitative estimate of drug-likeness (QED) is 0.630. The first-order valence-electron chi connectivity index (χ1n) is 5.57. The van der Waals surface area contributed by atoms with Gasteiger partial charge in [-0.3, -0.25) is 9.59 Å². The van der Waals surface area contributed by atoms with Gasteiger partial charge in [0, 0.05) is 18.0 Å². The van der Waals surface area contributed by atoms with Gasteiger partial charge in [-0.15, -0.1) is 0 Å². The lowest BCUT2D eigenvalue weighted by Crippen LogP contribution is -2.34. The highest BCUT2D eigenvalue weighted by Crippen LogP contribution is 2.33. The molecule has 0 fully saturated rings. The Morgan fingerprint density at radius 2 is 1.78 bits per heavy atom. The Kier molecular flexibility index (Phi) is 2.22. The molecule has 0 amide bonds. The number of fused-ring (bicyclic) bond motifs is 1. The Bertz CT molecular complexity index is 812. The Morgan fingerprint density at radius 3 is 2.39 bits per heavy atom. The fraction of sp³-hybridized carbons (Fsp3) is 0.143. The molecule has 0 aliphatic rings. The molecule has 0 N–H and O–H groups in total. The van der Waals surface area contributed by atoms with E-state index in [0.29, 0.717) is 5.56 Å². The van der Waals surface area contributed by atoms with Gasteiger partial charge in [0.15, 0.2) is 0 Å². The van der Waals surface area contributed by atoms with Crippen LogP contribution >= 0.6 is 11.6 Å². The van der Waals surface area contributed by atoms with Gasteiger partial charge in [0.25, 0.3) is 0 Å². The number of para-hydroxylation sites is 1. The lowest BCUT2D eigenvalue weighted by molar-refractivity contribution is 0.969. The Labute approximate surface area is 108 Å². The molecule has 0 unspecified atom stereocenters. The molecule has 3 aromatic rings. The second kappa shape index (κ2) is 3.56. The van der Waals surface area contributed by atoms with Gasteiger partial charge in [-0.2, -0.15) is 0 Å². The zero-order chi connectivity index (χ0) is 13.0. The lowest BCUT2D eigenvalue weighted by Gasteiger charge is -2.08. The first-order valence-corrected chi connectivity index (χ1v) is 5.95. The van der Waals surface area contributed by atoms with Crippen molar-refractivity contribution in [3.8, 4) is 11.3 Å². The highest BCUT2D eigenvalue weighted by atomic mass is 35.5. The maximum absolute atomic E-state index is 11.6. The summed E-state index contributed by atoms with van der Waals surface area (Å²) in [5.74, 6) is 0. The van der Waals surface area contributed by atoms with E-state index >= 15 is 0 Å². The molecular weight excluding hydrogens is 250 g/mol. The van der Waals surface area contributed by atoms with Gasteiger partial charge in [-0.25, -0.2) is 0 Å². The van der Waals surface area contributed by atoms with Crippen molar-refractivity contribution >= 4 is 22.5 Å². The van der Waals surface area contributed by atoms with Gasteiger partial charge in [0.05, 0.1) is 11.3 Å². The first-order chi connectivity index (χ1) is 8.54. The number of hydrogen-bond acceptors (Lipinski definition) is 2. The molecule has 1 aromatic heterocycles. The predicted molar refractivity (Wildman–Crippen MR) is 73.0 cm³/mol. The predicted octanol–water partition coefficient (Wildman–Crippen LogP) is 2.40. The smallest absolute Gasteiger partial charge is 0.245 e. The lowest BCUT2D eigenvalue weighted by atomic mass is 10.0. The van der Waals surface area contributed by atoms with Crippen LogP contribution in [0.2, 0.25) is 5.02 Å². The molecule has 0 aliphatic heterocycles. The second-order valence-electron chi connectivity index (χ2n) is 4.40. The minimum absolute atomic E-state index is 0.0500. The van der Waals surface area contributed by atoms with Crippen LogP contribution in [0.1, 0.15) is 5.56 Å². The van der Waals surface area contributed by atoms with E-state index in [1.54, 1.807) is 0 Å². The van der Waals surface area contributed by atoms with Gasteiger partial charge in [0.2, 0.25) is 10.9 Å². The molecule has 90 valence electrons. The molecule has 0 radical (unpaired) electrons. The Balaban J connectivity index is 2.45. The standard InChI is InChI=1S/C14H10ClNO2/c1-7-8-5-3-4-6-9(8)16(2)12(7)10-11(15)14(18)13(10)17/h3-6H,1-2H3. The summed E-state index contributed by atoms with van der Waals surface area (Å²) in [5, 5.41) is 1.12. The topological polar surface area (TPSA) is 39.1 Å². The highest BCUT2D eigenvalue weighted by molar-refractivity contribution is 6.34. The summed E-state index contributed by atoms with van der Waals surface area (Å²) in [4.78, 5) is 22.9. The molecule has 0 aliphatic carbocycles. The molecule has 0 spiro atoms. The molecule has 18 heavy (non-hydrogen) atoms. The van der Waals surface area contributed by atoms with E-state index in [4.69, 9.17) is 11.6 Å². The third-order valence-electron chi connectivity index (χ3n) is 3.45. The summed E-state index contributed by atoms with van der Waals surface area (Å²) in [7, 11) is 1.87. The summed E-state index contributed by atoms with van der Waals surface area (Å²) in [5.41, 5.74) is 2.00. The minimum atomic E-state index is -0.587. The zero-order valence-electron chi connectivity index (χ0n) is 9.95. The van der Waals surface area contributed by atoms with Crippen LogP contribution in [0.5, 0.6) is 0 Å². The van der Waals surface area contributed by atoms with E-state index in [1.165, 1.54) is 0 Å². The third kappa shape index (κ3) is 1.20. The Morgan fingerprint density at radius 1 is 1.11 bits per heavy atom. The maximum atomic E-state index is 11.6. The number of halogens is 1. The molecule has 4 heteroatoms. The van der Waals surface area contributed by atoms with Gasteiger partial charge in [0.1, 0.15) is 5.02 Å². The summed E-state index contributed by atoms with van der Waals surface area (Å²) in [6.07, 6.45) is 0. The van der Waals surface area contributed by atoms with Crippen molar-refractivity contribution in [3.05, 3.63) is 55.3 Å². The number of benzene rings is 1. The zero-order valence-corrected chi connectivity index (χ0v) is 10.7. The number of aromatic nitrogens is 1. The minimum Gasteiger partial charge on any atom is -0.343 e. The number of aryl methyl sites for hydroxylation is 2. The molecule has 3 rings (SSSR count). The monoisotopic (exact) mass is 259 g/mol. The number of rotatable bonds is 1. The fourth-order valence-electron chi connectivity index (χ4n) is 2.51. The molecule has 0 bridgehead atoms. The van der Waals surface area contributed by atoms with Crippen molar-refractivity contribution in [2.75, 3.05) is 0 Å². The van der Waals surface area contributed by atoms with Crippen LogP contribution in [0, 0.1) is 6.92 Å². The molecule has 0 saturated heterocycles. The molecule has 0 saturated carbocycles. The summed E-state index contributed by atoms with van der Waals surface area (Å²) >= 11 is 5.86. The summed E-state index contributed by atoms with van der Waals surface area (Å²) in [6, 6.07) is 7.86. The van der Waals surface area contributed by atoms with E-state index in [-0.39, 0.29) is 5.02 Å². The van der Waals surface area contributed by atoms with Gasteiger partial charge in [-0.1, -0.05) is 29.8 Å². The van der Waals surface area contributed by atoms with Crippen molar-refractivity contribution in [3.63, 3.8) is 0 Å². The first kappa shape index (κ1) is 11.2. The van der Waals surface area contributed by atoms with Gasteiger partial charge in [-0.05, 0) is 18.6 Å². The van der Waals surface area contributed by atoms with E-state index in [1.807, 2.05) is 42.8 Å². The van der Waals surface area contributed by atoms with Gasteiger partial charge >= 0.3 is 0 Å². The Hall–Kier alpha value is -1.87. The van der Waals surface area contributed by atoms with E-state index in [0.717, 1.165) is 22.2 Å². The van der Waals surface area contributed by atoms with Crippen molar-refractivity contribution in [2.24, 2.45) is 7.05 Å². The summed E-state index contributed by atoms with van der Waals surface area (Å²) < 4.78 is 1.91. The third-order valence-corrected chi connectivity index (χ3v) is 3.81. The number of hydrogen-bond donors (Lipinski definition) is 0. The fourth-order valence-corrected chi connectivity index (χ4v) is 2.77. The largest absolute Gasteiger partial charge is 0.343 e. The van der Waals surface area contributed by atoms with Crippen molar-refractivity contribution in [2.45, 2.75) is 6.92 Å². The van der Waals surface area contributed by atoms with Crippen LogP contribution in [-0.2, 0) is 7.05 Å². The van der Waals surface area contributed by atoms with E-state index in [9.17, 15) is 9.59 Å². The molecular formula is C14H10ClNO2. The summed E-state index contributed by atoms with van der Waals surface area (Å²) in [6.45, 7) is 1.94.